The van der Waals surface area contributed by atoms with Crippen molar-refractivity contribution in [1.82, 2.24) is 20.2 Å². The maximum absolute atomic E-state index is 13.3. The number of nitrogens with zero attached hydrogens (tertiary/aromatic N) is 4. The van der Waals surface area contributed by atoms with Crippen LogP contribution < -0.4 is 5.73 Å². The molecule has 43 heavy (non-hydrogen) atoms. The van der Waals surface area contributed by atoms with E-state index < -0.39 is 11.9 Å². The first-order valence-corrected chi connectivity index (χ1v) is 16.8. The second kappa shape index (κ2) is 10.3. The summed E-state index contributed by atoms with van der Waals surface area (Å²) in [6.07, 6.45) is 8.22. The summed E-state index contributed by atoms with van der Waals surface area (Å²) in [6.45, 7) is 20.4. The van der Waals surface area contributed by atoms with E-state index in [9.17, 15) is 9.90 Å². The number of nitrogens with two attached hydrogens (primary N) is 1. The first kappa shape index (κ1) is 31.2. The lowest BCUT2D eigenvalue weighted by molar-refractivity contribution is -0.250. The second-order valence-corrected chi connectivity index (χ2v) is 16.4. The third kappa shape index (κ3) is 4.05. The Morgan fingerprint density at radius 3 is 2.53 bits per heavy atom. The molecule has 1 aromatic heterocycles. The average Bonchev–Trinajstić information content (AvgIpc) is 3.37. The highest BCUT2D eigenvalue weighted by Gasteiger charge is 2.72. The fourth-order valence-corrected chi connectivity index (χ4v) is 11.9. The minimum atomic E-state index is -0.618. The van der Waals surface area contributed by atoms with Crippen molar-refractivity contribution in [2.24, 2.45) is 62.4 Å². The third-order valence-corrected chi connectivity index (χ3v) is 14.5. The number of carbonyl (C=O) groups is 1. The van der Waals surface area contributed by atoms with Gasteiger partial charge in [-0.3, -0.25) is 4.79 Å². The molecule has 2 bridgehead atoms. The number of ether oxygens (including phenoxy) is 2. The molecular weight excluding hydrogens is 542 g/mol. The second-order valence-electron chi connectivity index (χ2n) is 16.4. The SMILES string of the molecule is Cc1nnnn1[C@@H]1CC23COC[C@@](C)([C@@H]2CC[C@H]2C3=CC[C@@]3(C)[C@H](C(=O)O)[C@@](C)([C@H](C)C(C)C)CC[C@]23C)[C@H]1OCCN. The quantitative estimate of drug-likeness (QED) is 0.397. The van der Waals surface area contributed by atoms with E-state index in [1.165, 1.54) is 5.57 Å². The summed E-state index contributed by atoms with van der Waals surface area (Å²) in [5.41, 5.74) is 6.40. The number of fused-ring (bicyclic) bond motifs is 3. The summed E-state index contributed by atoms with van der Waals surface area (Å²) < 4.78 is 15.2. The number of hydrogen-bond acceptors (Lipinski definition) is 7. The zero-order chi connectivity index (χ0) is 31.2. The van der Waals surface area contributed by atoms with Crippen LogP contribution in [-0.4, -0.2) is 63.8 Å². The number of carboxylic acid groups (broad SMARTS) is 1. The van der Waals surface area contributed by atoms with Crippen LogP contribution in [0.15, 0.2) is 11.6 Å². The zero-order valence-corrected chi connectivity index (χ0v) is 27.7. The third-order valence-electron chi connectivity index (χ3n) is 14.5. The van der Waals surface area contributed by atoms with Gasteiger partial charge in [-0.15, -0.1) is 5.10 Å². The van der Waals surface area contributed by atoms with E-state index in [1.54, 1.807) is 0 Å². The van der Waals surface area contributed by atoms with Gasteiger partial charge in [0.25, 0.3) is 0 Å². The van der Waals surface area contributed by atoms with Crippen LogP contribution >= 0.6 is 0 Å². The molecule has 0 amide bonds. The van der Waals surface area contributed by atoms with E-state index in [2.05, 4.69) is 70.1 Å². The van der Waals surface area contributed by atoms with Crippen molar-refractivity contribution < 1.29 is 19.4 Å². The highest BCUT2D eigenvalue weighted by atomic mass is 16.5. The van der Waals surface area contributed by atoms with Crippen molar-refractivity contribution in [3.8, 4) is 0 Å². The highest BCUT2D eigenvalue weighted by Crippen LogP contribution is 2.75. The summed E-state index contributed by atoms with van der Waals surface area (Å²) in [5, 5.41) is 23.7. The molecule has 3 saturated carbocycles. The van der Waals surface area contributed by atoms with Gasteiger partial charge in [0.1, 0.15) is 5.82 Å². The van der Waals surface area contributed by atoms with Gasteiger partial charge < -0.3 is 20.3 Å². The molecule has 4 fully saturated rings. The van der Waals surface area contributed by atoms with Gasteiger partial charge in [-0.2, -0.15) is 0 Å². The standard InChI is InChI=1S/C34H55N5O4/c1-20(2)21(3)30(5)13-14-32(7)23-9-10-26-31(6)18-42-19-34(26,24(23)11-12-33(32,8)27(30)29(40)41)17-25(28(31)43-16-15-35)39-22(4)36-37-38-39/h11,20-21,23,25-28H,9-10,12-19,35H2,1-8H3,(H,40,41)/t21-,23+,25-,26+,27-,28+,30-,31+,32-,33+,34?/m1/s1. The van der Waals surface area contributed by atoms with Crippen LogP contribution in [0.25, 0.3) is 0 Å². The molecule has 0 radical (unpaired) electrons. The molecule has 5 aliphatic rings. The minimum absolute atomic E-state index is 0.0271. The molecule has 3 N–H and O–H groups in total. The highest BCUT2D eigenvalue weighted by molar-refractivity contribution is 5.73. The molecule has 4 aliphatic carbocycles. The Morgan fingerprint density at radius 1 is 1.16 bits per heavy atom. The molecule has 2 heterocycles. The Bertz CT molecular complexity index is 1280. The molecule has 11 atom stereocenters. The van der Waals surface area contributed by atoms with Gasteiger partial charge >= 0.3 is 5.97 Å². The Hall–Kier alpha value is -1.84. The van der Waals surface area contributed by atoms with Crippen LogP contribution in [0.5, 0.6) is 0 Å². The van der Waals surface area contributed by atoms with E-state index in [1.807, 2.05) is 11.6 Å². The van der Waals surface area contributed by atoms with Gasteiger partial charge in [0.05, 0.1) is 37.9 Å². The van der Waals surface area contributed by atoms with E-state index >= 15 is 0 Å². The lowest BCUT2D eigenvalue weighted by atomic mass is 9.34. The van der Waals surface area contributed by atoms with Crippen LogP contribution in [0.2, 0.25) is 0 Å². The van der Waals surface area contributed by atoms with E-state index in [0.717, 1.165) is 44.3 Å². The van der Waals surface area contributed by atoms with E-state index in [0.29, 0.717) is 50.0 Å². The van der Waals surface area contributed by atoms with Crippen LogP contribution in [0.4, 0.5) is 0 Å². The fraction of sp³-hybridized carbons (Fsp3) is 0.882. The summed E-state index contributed by atoms with van der Waals surface area (Å²) in [4.78, 5) is 13.3. The number of carboxylic acids is 1. The topological polar surface area (TPSA) is 125 Å². The average molecular weight is 598 g/mol. The summed E-state index contributed by atoms with van der Waals surface area (Å²) in [5.74, 6) is 1.27. The molecule has 9 heteroatoms. The van der Waals surface area contributed by atoms with E-state index in [4.69, 9.17) is 15.2 Å². The van der Waals surface area contributed by atoms with Gasteiger partial charge in [-0.1, -0.05) is 60.1 Å². The van der Waals surface area contributed by atoms with Crippen molar-refractivity contribution in [3.05, 3.63) is 17.5 Å². The molecule has 0 spiro atoms. The molecule has 1 aliphatic heterocycles. The first-order valence-electron chi connectivity index (χ1n) is 16.8. The largest absolute Gasteiger partial charge is 0.481 e. The van der Waals surface area contributed by atoms with Crippen LogP contribution in [0, 0.1) is 63.6 Å². The molecule has 1 aromatic rings. The van der Waals surface area contributed by atoms with Crippen molar-refractivity contribution >= 4 is 5.97 Å². The van der Waals surface area contributed by atoms with Gasteiger partial charge in [0, 0.05) is 17.4 Å². The van der Waals surface area contributed by atoms with Gasteiger partial charge in [-0.05, 0) is 95.8 Å². The van der Waals surface area contributed by atoms with Crippen molar-refractivity contribution in [3.63, 3.8) is 0 Å². The molecular formula is C34H55N5O4. The summed E-state index contributed by atoms with van der Waals surface area (Å²) in [7, 11) is 0. The fourth-order valence-electron chi connectivity index (χ4n) is 11.9. The maximum atomic E-state index is 13.3. The van der Waals surface area contributed by atoms with Gasteiger partial charge in [-0.25, -0.2) is 4.68 Å². The zero-order valence-electron chi connectivity index (χ0n) is 27.7. The smallest absolute Gasteiger partial charge is 0.307 e. The molecule has 9 nitrogen and oxygen atoms in total. The predicted molar refractivity (Wildman–Crippen MR) is 164 cm³/mol. The lowest BCUT2D eigenvalue weighted by Crippen LogP contribution is -2.69. The number of hydrogen-bond donors (Lipinski definition) is 2. The molecule has 0 aromatic carbocycles. The van der Waals surface area contributed by atoms with Gasteiger partial charge in [0.15, 0.2) is 0 Å². The minimum Gasteiger partial charge on any atom is -0.481 e. The first-order chi connectivity index (χ1) is 20.2. The number of allylic oxidation sites excluding steroid dienone is 1. The normalized spacial score (nSPS) is 46.4. The van der Waals surface area contributed by atoms with Crippen LogP contribution in [-0.2, 0) is 14.3 Å². The van der Waals surface area contributed by atoms with Crippen molar-refractivity contribution in [2.45, 2.75) is 106 Å². The molecule has 240 valence electrons. The Morgan fingerprint density at radius 2 is 1.91 bits per heavy atom. The number of aliphatic carboxylic acids is 1. The molecule has 6 rings (SSSR count). The number of aryl methyl sites for hydroxylation is 1. The van der Waals surface area contributed by atoms with Crippen LogP contribution in [0.3, 0.4) is 0 Å². The number of rotatable bonds is 7. The molecule has 1 unspecified atom stereocenters. The van der Waals surface area contributed by atoms with Crippen molar-refractivity contribution in [1.29, 1.82) is 0 Å². The Balaban J connectivity index is 1.47. The Labute approximate surface area is 257 Å². The summed E-state index contributed by atoms with van der Waals surface area (Å²) in [6, 6.07) is -0.0271. The Kier molecular flexibility index (Phi) is 7.49. The van der Waals surface area contributed by atoms with E-state index in [-0.39, 0.29) is 39.2 Å². The van der Waals surface area contributed by atoms with Crippen LogP contribution in [0.1, 0.15) is 98.9 Å². The monoisotopic (exact) mass is 597 g/mol. The lowest BCUT2D eigenvalue weighted by Gasteiger charge is -2.71. The summed E-state index contributed by atoms with van der Waals surface area (Å²) >= 11 is 0. The van der Waals surface area contributed by atoms with Crippen molar-refractivity contribution in [2.75, 3.05) is 26.4 Å². The molecule has 1 saturated heterocycles. The number of aromatic nitrogens is 4. The predicted octanol–water partition coefficient (Wildman–Crippen LogP) is 5.46. The number of tetrazole rings is 1. The van der Waals surface area contributed by atoms with Gasteiger partial charge in [0.2, 0.25) is 0 Å². The maximum Gasteiger partial charge on any atom is 0.307 e.